The number of nitro benzene ring substituents is 1. The second-order valence-electron chi connectivity index (χ2n) is 5.54. The van der Waals surface area contributed by atoms with Gasteiger partial charge in [-0.1, -0.05) is 48.0 Å². The number of nitro groups is 1. The van der Waals surface area contributed by atoms with Crippen LogP contribution in [0, 0.1) is 16.0 Å². The number of nitrogens with one attached hydrogen (secondary N) is 1. The van der Waals surface area contributed by atoms with Crippen molar-refractivity contribution in [2.75, 3.05) is 6.54 Å². The van der Waals surface area contributed by atoms with Crippen molar-refractivity contribution < 1.29 is 4.92 Å². The van der Waals surface area contributed by atoms with Crippen LogP contribution < -0.4 is 5.32 Å². The van der Waals surface area contributed by atoms with E-state index >= 15 is 0 Å². The Bertz CT molecular complexity index is 459. The number of rotatable bonds is 6. The lowest BCUT2D eigenvalue weighted by molar-refractivity contribution is -0.385. The summed E-state index contributed by atoms with van der Waals surface area (Å²) in [7, 11) is 0. The van der Waals surface area contributed by atoms with Gasteiger partial charge in [0.1, 0.15) is 0 Å². The second-order valence-corrected chi connectivity index (χ2v) is 6.46. The number of halogens is 1. The molecule has 110 valence electrons. The highest BCUT2D eigenvalue weighted by Crippen LogP contribution is 2.26. The van der Waals surface area contributed by atoms with Crippen LogP contribution in [0.2, 0.25) is 0 Å². The van der Waals surface area contributed by atoms with E-state index in [-0.39, 0.29) is 10.6 Å². The molecule has 0 atom stereocenters. The predicted molar refractivity (Wildman–Crippen MR) is 83.7 cm³/mol. The summed E-state index contributed by atoms with van der Waals surface area (Å²) in [4.78, 5) is 10.5. The molecule has 4 nitrogen and oxygen atoms in total. The normalized spacial score (nSPS) is 16.2. The molecule has 1 aliphatic carbocycles. The Hall–Kier alpha value is -0.940. The molecule has 5 heteroatoms. The Morgan fingerprint density at radius 3 is 2.70 bits per heavy atom. The van der Waals surface area contributed by atoms with Crippen LogP contribution in [0.25, 0.3) is 0 Å². The fourth-order valence-electron chi connectivity index (χ4n) is 2.86. The Morgan fingerprint density at radius 1 is 1.25 bits per heavy atom. The number of hydrogen-bond donors (Lipinski definition) is 1. The van der Waals surface area contributed by atoms with E-state index in [0.29, 0.717) is 6.54 Å². The quantitative estimate of drug-likeness (QED) is 0.473. The summed E-state index contributed by atoms with van der Waals surface area (Å²) in [5.74, 6) is 0.869. The molecule has 1 aromatic rings. The molecule has 0 heterocycles. The zero-order valence-corrected chi connectivity index (χ0v) is 13.2. The van der Waals surface area contributed by atoms with Gasteiger partial charge >= 0.3 is 0 Å². The third-order valence-corrected chi connectivity index (χ3v) is 4.39. The van der Waals surface area contributed by atoms with Crippen LogP contribution in [0.1, 0.15) is 44.1 Å². The Kier molecular flexibility index (Phi) is 5.98. The van der Waals surface area contributed by atoms with Gasteiger partial charge in [0.25, 0.3) is 5.69 Å². The van der Waals surface area contributed by atoms with Gasteiger partial charge in [-0.2, -0.15) is 0 Å². The van der Waals surface area contributed by atoms with Crippen LogP contribution in [-0.4, -0.2) is 11.5 Å². The molecule has 2 rings (SSSR count). The molecule has 0 spiro atoms. The van der Waals surface area contributed by atoms with E-state index in [2.05, 4.69) is 21.2 Å². The molecular weight excluding hydrogens is 320 g/mol. The Labute approximate surface area is 128 Å². The first-order chi connectivity index (χ1) is 9.65. The molecule has 1 aromatic carbocycles. The monoisotopic (exact) mass is 340 g/mol. The summed E-state index contributed by atoms with van der Waals surface area (Å²) in [6, 6.07) is 5.10. The van der Waals surface area contributed by atoms with Crippen LogP contribution >= 0.6 is 15.9 Å². The van der Waals surface area contributed by atoms with Gasteiger partial charge in [0.05, 0.1) is 4.92 Å². The summed E-state index contributed by atoms with van der Waals surface area (Å²) in [6.07, 6.45) is 8.10. The molecular formula is C15H21BrN2O2. The molecule has 1 aliphatic rings. The van der Waals surface area contributed by atoms with Gasteiger partial charge < -0.3 is 5.32 Å². The van der Waals surface area contributed by atoms with E-state index in [1.807, 2.05) is 6.07 Å². The summed E-state index contributed by atoms with van der Waals surface area (Å²) < 4.78 is 0.760. The van der Waals surface area contributed by atoms with Gasteiger partial charge in [-0.25, -0.2) is 0 Å². The van der Waals surface area contributed by atoms with E-state index in [0.717, 1.165) is 22.5 Å². The third kappa shape index (κ3) is 4.87. The average molecular weight is 341 g/mol. The minimum atomic E-state index is -0.351. The summed E-state index contributed by atoms with van der Waals surface area (Å²) in [5, 5.41) is 14.2. The van der Waals surface area contributed by atoms with E-state index in [4.69, 9.17) is 0 Å². The molecule has 0 aromatic heterocycles. The van der Waals surface area contributed by atoms with Gasteiger partial charge in [-0.3, -0.25) is 10.1 Å². The van der Waals surface area contributed by atoms with Crippen molar-refractivity contribution in [3.8, 4) is 0 Å². The van der Waals surface area contributed by atoms with Crippen molar-refractivity contribution in [3.63, 3.8) is 0 Å². The maximum absolute atomic E-state index is 10.8. The first kappa shape index (κ1) is 15.4. The zero-order chi connectivity index (χ0) is 14.4. The van der Waals surface area contributed by atoms with Crippen molar-refractivity contribution in [2.45, 2.75) is 45.1 Å². The fourth-order valence-corrected chi connectivity index (χ4v) is 3.38. The molecule has 1 N–H and O–H groups in total. The van der Waals surface area contributed by atoms with Crippen LogP contribution in [0.4, 0.5) is 5.69 Å². The molecule has 0 bridgehead atoms. The van der Waals surface area contributed by atoms with E-state index < -0.39 is 0 Å². The first-order valence-corrected chi connectivity index (χ1v) is 8.09. The second kappa shape index (κ2) is 7.74. The SMILES string of the molecule is O=[N+]([O-])c1cc(Br)cc(CNCCC2CCCCC2)c1. The van der Waals surface area contributed by atoms with E-state index in [9.17, 15) is 10.1 Å². The highest BCUT2D eigenvalue weighted by atomic mass is 79.9. The Morgan fingerprint density at radius 2 is 2.00 bits per heavy atom. The van der Waals surface area contributed by atoms with Gasteiger partial charge in [-0.15, -0.1) is 0 Å². The lowest BCUT2D eigenvalue weighted by atomic mass is 9.87. The van der Waals surface area contributed by atoms with Gasteiger partial charge in [0, 0.05) is 23.2 Å². The topological polar surface area (TPSA) is 55.2 Å². The van der Waals surface area contributed by atoms with Gasteiger partial charge in [0.2, 0.25) is 0 Å². The van der Waals surface area contributed by atoms with Crippen LogP contribution in [0.3, 0.4) is 0 Å². The minimum Gasteiger partial charge on any atom is -0.313 e. The highest BCUT2D eigenvalue weighted by Gasteiger charge is 2.13. The third-order valence-electron chi connectivity index (χ3n) is 3.94. The van der Waals surface area contributed by atoms with Crippen LogP contribution in [0.15, 0.2) is 22.7 Å². The van der Waals surface area contributed by atoms with Crippen LogP contribution in [0.5, 0.6) is 0 Å². The molecule has 0 unspecified atom stereocenters. The molecule has 0 radical (unpaired) electrons. The number of benzene rings is 1. The average Bonchev–Trinajstić information content (AvgIpc) is 2.44. The molecule has 1 saturated carbocycles. The molecule has 20 heavy (non-hydrogen) atoms. The maximum Gasteiger partial charge on any atom is 0.270 e. The highest BCUT2D eigenvalue weighted by molar-refractivity contribution is 9.10. The van der Waals surface area contributed by atoms with Crippen molar-refractivity contribution in [1.29, 1.82) is 0 Å². The standard InChI is InChI=1S/C15H21BrN2O2/c16-14-8-13(9-15(10-14)18(19)20)11-17-7-6-12-4-2-1-3-5-12/h8-10,12,17H,1-7,11H2. The van der Waals surface area contributed by atoms with Gasteiger partial charge in [-0.05, 0) is 30.5 Å². The van der Waals surface area contributed by atoms with Crippen molar-refractivity contribution in [3.05, 3.63) is 38.3 Å². The van der Waals surface area contributed by atoms with Crippen molar-refractivity contribution in [2.24, 2.45) is 5.92 Å². The molecule has 0 amide bonds. The van der Waals surface area contributed by atoms with E-state index in [1.54, 1.807) is 6.07 Å². The summed E-state index contributed by atoms with van der Waals surface area (Å²) in [5.41, 5.74) is 1.10. The van der Waals surface area contributed by atoms with Gasteiger partial charge in [0.15, 0.2) is 0 Å². The minimum absolute atomic E-state index is 0.142. The maximum atomic E-state index is 10.8. The fraction of sp³-hybridized carbons (Fsp3) is 0.600. The molecule has 1 fully saturated rings. The van der Waals surface area contributed by atoms with Crippen LogP contribution in [-0.2, 0) is 6.54 Å². The number of non-ortho nitro benzene ring substituents is 1. The first-order valence-electron chi connectivity index (χ1n) is 7.30. The summed E-state index contributed by atoms with van der Waals surface area (Å²) in [6.45, 7) is 1.68. The molecule has 0 aliphatic heterocycles. The van der Waals surface area contributed by atoms with E-state index in [1.165, 1.54) is 44.6 Å². The lowest BCUT2D eigenvalue weighted by Gasteiger charge is -2.21. The van der Waals surface area contributed by atoms with Crippen molar-refractivity contribution >= 4 is 21.6 Å². The predicted octanol–water partition coefficient (Wildman–Crippen LogP) is 4.42. The number of nitrogens with zero attached hydrogens (tertiary/aromatic N) is 1. The summed E-state index contributed by atoms with van der Waals surface area (Å²) >= 11 is 3.32. The molecule has 0 saturated heterocycles. The largest absolute Gasteiger partial charge is 0.313 e. The smallest absolute Gasteiger partial charge is 0.270 e. The van der Waals surface area contributed by atoms with Crippen molar-refractivity contribution in [1.82, 2.24) is 5.32 Å². The lowest BCUT2D eigenvalue weighted by Crippen LogP contribution is -2.19. The Balaban J connectivity index is 1.77. The number of hydrogen-bond acceptors (Lipinski definition) is 3. The zero-order valence-electron chi connectivity index (χ0n) is 11.6.